The zero-order valence-corrected chi connectivity index (χ0v) is 11.9. The molecule has 0 aromatic carbocycles. The normalized spacial score (nSPS) is 12.5. The lowest BCUT2D eigenvalue weighted by Crippen LogP contribution is -2.27. The van der Waals surface area contributed by atoms with Crippen molar-refractivity contribution in [3.63, 3.8) is 0 Å². The van der Waals surface area contributed by atoms with Gasteiger partial charge < -0.3 is 9.73 Å². The second-order valence-electron chi connectivity index (χ2n) is 4.83. The number of carbonyl (C=O) groups is 1. The molecule has 0 radical (unpaired) electrons. The number of furan rings is 1. The minimum atomic E-state index is -0.114. The van der Waals surface area contributed by atoms with Gasteiger partial charge in [-0.1, -0.05) is 0 Å². The molecular weight excluding hydrogens is 242 g/mol. The molecule has 0 aliphatic carbocycles. The number of hydrogen-bond donors (Lipinski definition) is 1. The standard InChI is InChI=1S/C14H19N3O2/c1-8-6-12(11(4)19-8)9(2)16-14(18)13-7-15-17(5)10(13)3/h6-7,9H,1-5H3,(H,16,18). The Bertz CT molecular complexity index is 610. The number of hydrogen-bond acceptors (Lipinski definition) is 3. The van der Waals surface area contributed by atoms with Crippen LogP contribution in [0.25, 0.3) is 0 Å². The highest BCUT2D eigenvalue weighted by atomic mass is 16.3. The highest BCUT2D eigenvalue weighted by molar-refractivity contribution is 5.95. The molecule has 1 unspecified atom stereocenters. The van der Waals surface area contributed by atoms with Gasteiger partial charge in [-0.15, -0.1) is 0 Å². The molecule has 0 fully saturated rings. The van der Waals surface area contributed by atoms with Gasteiger partial charge in [0.15, 0.2) is 0 Å². The van der Waals surface area contributed by atoms with E-state index < -0.39 is 0 Å². The van der Waals surface area contributed by atoms with Crippen LogP contribution in [-0.2, 0) is 7.05 Å². The number of carbonyl (C=O) groups excluding carboxylic acids is 1. The maximum atomic E-state index is 12.2. The van der Waals surface area contributed by atoms with Crippen LogP contribution in [-0.4, -0.2) is 15.7 Å². The van der Waals surface area contributed by atoms with Crippen molar-refractivity contribution < 1.29 is 9.21 Å². The second-order valence-corrected chi connectivity index (χ2v) is 4.83. The summed E-state index contributed by atoms with van der Waals surface area (Å²) in [7, 11) is 1.82. The summed E-state index contributed by atoms with van der Waals surface area (Å²) in [5, 5.41) is 7.04. The quantitative estimate of drug-likeness (QED) is 0.923. The minimum absolute atomic E-state index is 0.0930. The van der Waals surface area contributed by atoms with Gasteiger partial charge in [0.25, 0.3) is 5.91 Å². The van der Waals surface area contributed by atoms with Crippen LogP contribution in [0.4, 0.5) is 0 Å². The number of aryl methyl sites for hydroxylation is 3. The minimum Gasteiger partial charge on any atom is -0.466 e. The molecule has 1 amide bonds. The fraction of sp³-hybridized carbons (Fsp3) is 0.429. The third kappa shape index (κ3) is 2.54. The van der Waals surface area contributed by atoms with Crippen LogP contribution in [0.1, 0.15) is 46.1 Å². The van der Waals surface area contributed by atoms with Crippen LogP contribution in [0.2, 0.25) is 0 Å². The lowest BCUT2D eigenvalue weighted by Gasteiger charge is -2.12. The summed E-state index contributed by atoms with van der Waals surface area (Å²) in [5.74, 6) is 1.58. The molecule has 5 nitrogen and oxygen atoms in total. The largest absolute Gasteiger partial charge is 0.466 e. The molecule has 0 aliphatic rings. The molecule has 0 bridgehead atoms. The molecule has 1 N–H and O–H groups in total. The van der Waals surface area contributed by atoms with Gasteiger partial charge in [0.2, 0.25) is 0 Å². The van der Waals surface area contributed by atoms with Crippen LogP contribution in [0, 0.1) is 20.8 Å². The first-order valence-electron chi connectivity index (χ1n) is 6.26. The smallest absolute Gasteiger partial charge is 0.255 e. The first-order valence-corrected chi connectivity index (χ1v) is 6.26. The highest BCUT2D eigenvalue weighted by Crippen LogP contribution is 2.21. The zero-order chi connectivity index (χ0) is 14.2. The molecule has 0 saturated carbocycles. The maximum Gasteiger partial charge on any atom is 0.255 e. The second kappa shape index (κ2) is 4.91. The van der Waals surface area contributed by atoms with E-state index in [1.165, 1.54) is 0 Å². The molecule has 0 saturated heterocycles. The van der Waals surface area contributed by atoms with Crippen LogP contribution < -0.4 is 5.32 Å². The molecule has 2 rings (SSSR count). The van der Waals surface area contributed by atoms with Crippen molar-refractivity contribution in [1.29, 1.82) is 0 Å². The van der Waals surface area contributed by atoms with Gasteiger partial charge in [-0.05, 0) is 33.8 Å². The first kappa shape index (κ1) is 13.4. The molecule has 1 atom stereocenters. The molecule has 0 aliphatic heterocycles. The average Bonchev–Trinajstić information content (AvgIpc) is 2.83. The molecule has 2 aromatic rings. The number of nitrogens with one attached hydrogen (secondary N) is 1. The Labute approximate surface area is 112 Å². The van der Waals surface area contributed by atoms with E-state index in [1.54, 1.807) is 10.9 Å². The van der Waals surface area contributed by atoms with Crippen molar-refractivity contribution in [2.24, 2.45) is 7.05 Å². The first-order chi connectivity index (χ1) is 8.90. The van der Waals surface area contributed by atoms with Crippen LogP contribution in [0.3, 0.4) is 0 Å². The number of aromatic nitrogens is 2. The predicted octanol–water partition coefficient (Wildman–Crippen LogP) is 2.43. The van der Waals surface area contributed by atoms with E-state index in [1.807, 2.05) is 40.8 Å². The predicted molar refractivity (Wildman–Crippen MR) is 72.0 cm³/mol. The Kier molecular flexibility index (Phi) is 3.46. The van der Waals surface area contributed by atoms with Crippen molar-refractivity contribution in [3.8, 4) is 0 Å². The molecule has 0 spiro atoms. The van der Waals surface area contributed by atoms with Crippen molar-refractivity contribution in [2.75, 3.05) is 0 Å². The molecule has 19 heavy (non-hydrogen) atoms. The van der Waals surface area contributed by atoms with Gasteiger partial charge in [0.1, 0.15) is 11.5 Å². The van der Waals surface area contributed by atoms with Gasteiger partial charge in [-0.3, -0.25) is 9.48 Å². The van der Waals surface area contributed by atoms with Crippen LogP contribution >= 0.6 is 0 Å². The van der Waals surface area contributed by atoms with Crippen molar-refractivity contribution in [3.05, 3.63) is 40.6 Å². The Balaban J connectivity index is 2.15. The fourth-order valence-corrected chi connectivity index (χ4v) is 2.15. The van der Waals surface area contributed by atoms with Crippen molar-refractivity contribution in [1.82, 2.24) is 15.1 Å². The van der Waals surface area contributed by atoms with Crippen molar-refractivity contribution >= 4 is 5.91 Å². The summed E-state index contributed by atoms with van der Waals surface area (Å²) in [6.07, 6.45) is 1.59. The third-order valence-electron chi connectivity index (χ3n) is 3.37. The average molecular weight is 261 g/mol. The van der Waals surface area contributed by atoms with E-state index in [9.17, 15) is 4.79 Å². The summed E-state index contributed by atoms with van der Waals surface area (Å²) >= 11 is 0. The topological polar surface area (TPSA) is 60.1 Å². The van der Waals surface area contributed by atoms with Gasteiger partial charge in [-0.2, -0.15) is 5.10 Å². The summed E-state index contributed by atoms with van der Waals surface area (Å²) in [5.41, 5.74) is 2.46. The third-order valence-corrected chi connectivity index (χ3v) is 3.37. The lowest BCUT2D eigenvalue weighted by atomic mass is 10.1. The van der Waals surface area contributed by atoms with E-state index in [-0.39, 0.29) is 11.9 Å². The van der Waals surface area contributed by atoms with E-state index >= 15 is 0 Å². The lowest BCUT2D eigenvalue weighted by molar-refractivity contribution is 0.0939. The van der Waals surface area contributed by atoms with Gasteiger partial charge in [0.05, 0.1) is 17.8 Å². The molecule has 102 valence electrons. The van der Waals surface area contributed by atoms with Gasteiger partial charge >= 0.3 is 0 Å². The SMILES string of the molecule is Cc1cc(C(C)NC(=O)c2cnn(C)c2C)c(C)o1. The van der Waals surface area contributed by atoms with E-state index in [4.69, 9.17) is 4.42 Å². The summed E-state index contributed by atoms with van der Waals surface area (Å²) in [6.45, 7) is 7.62. The Morgan fingerprint density at radius 2 is 2.11 bits per heavy atom. The number of amides is 1. The Morgan fingerprint density at radius 1 is 1.42 bits per heavy atom. The van der Waals surface area contributed by atoms with E-state index in [2.05, 4.69) is 10.4 Å². The van der Waals surface area contributed by atoms with E-state index in [0.29, 0.717) is 5.56 Å². The van der Waals surface area contributed by atoms with Crippen LogP contribution in [0.5, 0.6) is 0 Å². The van der Waals surface area contributed by atoms with Crippen LogP contribution in [0.15, 0.2) is 16.7 Å². The number of nitrogens with zero attached hydrogens (tertiary/aromatic N) is 2. The Hall–Kier alpha value is -2.04. The molecule has 2 aromatic heterocycles. The monoisotopic (exact) mass is 261 g/mol. The molecular formula is C14H19N3O2. The zero-order valence-electron chi connectivity index (χ0n) is 11.9. The summed E-state index contributed by atoms with van der Waals surface area (Å²) in [6, 6.07) is 1.86. The van der Waals surface area contributed by atoms with E-state index in [0.717, 1.165) is 22.8 Å². The fourth-order valence-electron chi connectivity index (χ4n) is 2.15. The maximum absolute atomic E-state index is 12.2. The number of rotatable bonds is 3. The molecule has 2 heterocycles. The summed E-state index contributed by atoms with van der Waals surface area (Å²) < 4.78 is 7.17. The molecule has 5 heteroatoms. The highest BCUT2D eigenvalue weighted by Gasteiger charge is 2.18. The Morgan fingerprint density at radius 3 is 2.58 bits per heavy atom. The van der Waals surface area contributed by atoms with Crippen molar-refractivity contribution in [2.45, 2.75) is 33.7 Å². The van der Waals surface area contributed by atoms with Gasteiger partial charge in [0, 0.05) is 18.3 Å². The summed E-state index contributed by atoms with van der Waals surface area (Å²) in [4.78, 5) is 12.2. The van der Waals surface area contributed by atoms with Gasteiger partial charge in [-0.25, -0.2) is 0 Å².